The first-order valence-electron chi connectivity index (χ1n) is 9.45. The predicted molar refractivity (Wildman–Crippen MR) is 119 cm³/mol. The molecule has 2 aromatic carbocycles. The number of halogens is 1. The number of ether oxygens (including phenoxy) is 1. The molecule has 1 atom stereocenters. The summed E-state index contributed by atoms with van der Waals surface area (Å²) in [6.45, 7) is 2.27. The van der Waals surface area contributed by atoms with Crippen molar-refractivity contribution in [1.29, 1.82) is 0 Å². The van der Waals surface area contributed by atoms with Crippen LogP contribution in [-0.2, 0) is 21.9 Å². The van der Waals surface area contributed by atoms with Crippen LogP contribution in [0.2, 0.25) is 5.02 Å². The lowest BCUT2D eigenvalue weighted by Crippen LogP contribution is -2.48. The van der Waals surface area contributed by atoms with Crippen LogP contribution < -0.4 is 10.1 Å². The number of carbonyl (C=O) groups excluding carboxylic acids is 2. The Hall–Kier alpha value is -2.18. The molecular weight excluding hydrogens is 408 g/mol. The summed E-state index contributed by atoms with van der Waals surface area (Å²) in [6.07, 6.45) is 0.538. The number of nitrogens with one attached hydrogen (secondary N) is 1. The second-order valence-corrected chi connectivity index (χ2v) is 7.89. The smallest absolute Gasteiger partial charge is 0.242 e. The van der Waals surface area contributed by atoms with Gasteiger partial charge in [0.1, 0.15) is 11.8 Å². The first kappa shape index (κ1) is 23.1. The number of methoxy groups -OCH3 is 1. The molecule has 0 aromatic heterocycles. The van der Waals surface area contributed by atoms with Crippen molar-refractivity contribution < 1.29 is 14.3 Å². The molecule has 0 saturated carbocycles. The Balaban J connectivity index is 2.10. The average Bonchev–Trinajstić information content (AvgIpc) is 2.75. The van der Waals surface area contributed by atoms with Crippen molar-refractivity contribution in [2.24, 2.45) is 0 Å². The van der Waals surface area contributed by atoms with E-state index < -0.39 is 6.04 Å². The zero-order valence-electron chi connectivity index (χ0n) is 17.0. The Morgan fingerprint density at radius 1 is 1.17 bits per heavy atom. The van der Waals surface area contributed by atoms with Gasteiger partial charge in [0.2, 0.25) is 11.8 Å². The lowest BCUT2D eigenvalue weighted by molar-refractivity contribution is -0.139. The third-order valence-electron chi connectivity index (χ3n) is 4.59. The molecule has 2 rings (SSSR count). The molecule has 156 valence electrons. The van der Waals surface area contributed by atoms with Crippen LogP contribution in [0.25, 0.3) is 0 Å². The zero-order chi connectivity index (χ0) is 21.2. The minimum atomic E-state index is -0.518. The Morgan fingerprint density at radius 3 is 2.45 bits per heavy atom. The molecule has 7 heteroatoms. The number of hydrogen-bond donors (Lipinski definition) is 1. The van der Waals surface area contributed by atoms with Crippen molar-refractivity contribution in [1.82, 2.24) is 10.2 Å². The summed E-state index contributed by atoms with van der Waals surface area (Å²) in [4.78, 5) is 27.1. The monoisotopic (exact) mass is 434 g/mol. The molecule has 0 unspecified atom stereocenters. The zero-order valence-corrected chi connectivity index (χ0v) is 18.6. The van der Waals surface area contributed by atoms with E-state index in [-0.39, 0.29) is 17.6 Å². The molecule has 0 heterocycles. The molecule has 5 nitrogen and oxygen atoms in total. The van der Waals surface area contributed by atoms with Crippen LogP contribution in [0, 0.1) is 0 Å². The maximum absolute atomic E-state index is 13.0. The van der Waals surface area contributed by atoms with Crippen LogP contribution in [0.15, 0.2) is 48.5 Å². The standard InChI is InChI=1S/C22H27ClN2O3S/c1-4-20(22(27)24-2)25(13-16-9-11-18(28-3)12-10-16)21(26)15-29-14-17-7-5-6-8-19(17)23/h5-12,20H,4,13-15H2,1-3H3,(H,24,27)/t20-/m0/s1. The normalized spacial score (nSPS) is 11.6. The molecule has 2 amide bonds. The fraction of sp³-hybridized carbons (Fsp3) is 0.364. The first-order chi connectivity index (χ1) is 14.0. The Bertz CT molecular complexity index is 814. The van der Waals surface area contributed by atoms with E-state index in [0.29, 0.717) is 23.7 Å². The summed E-state index contributed by atoms with van der Waals surface area (Å²) in [5, 5.41) is 3.36. The highest BCUT2D eigenvalue weighted by Crippen LogP contribution is 2.22. The van der Waals surface area contributed by atoms with Crippen molar-refractivity contribution >= 4 is 35.2 Å². The minimum absolute atomic E-state index is 0.0756. The van der Waals surface area contributed by atoms with Crippen LogP contribution >= 0.6 is 23.4 Å². The SMILES string of the molecule is CC[C@@H](C(=O)NC)N(Cc1ccc(OC)cc1)C(=O)CSCc1ccccc1Cl. The summed E-state index contributed by atoms with van der Waals surface area (Å²) in [6, 6.07) is 14.6. The second kappa shape index (κ2) is 11.7. The quantitative estimate of drug-likeness (QED) is 0.610. The molecule has 0 bridgehead atoms. The second-order valence-electron chi connectivity index (χ2n) is 6.49. The van der Waals surface area contributed by atoms with Crippen molar-refractivity contribution in [3.63, 3.8) is 0 Å². The first-order valence-corrected chi connectivity index (χ1v) is 11.0. The Labute approximate surface area is 181 Å². The number of benzene rings is 2. The molecular formula is C22H27ClN2O3S. The van der Waals surface area contributed by atoms with Gasteiger partial charge in [-0.2, -0.15) is 0 Å². The van der Waals surface area contributed by atoms with Crippen molar-refractivity contribution in [3.8, 4) is 5.75 Å². The molecule has 1 N–H and O–H groups in total. The average molecular weight is 435 g/mol. The predicted octanol–water partition coefficient (Wildman–Crippen LogP) is 4.14. The molecule has 0 aliphatic carbocycles. The molecule has 0 saturated heterocycles. The number of thioether (sulfide) groups is 1. The van der Waals surface area contributed by atoms with E-state index in [2.05, 4.69) is 5.32 Å². The summed E-state index contributed by atoms with van der Waals surface area (Å²) >= 11 is 7.69. The summed E-state index contributed by atoms with van der Waals surface area (Å²) in [5.74, 6) is 1.42. The van der Waals surface area contributed by atoms with Crippen molar-refractivity contribution in [2.45, 2.75) is 31.7 Å². The van der Waals surface area contributed by atoms with Gasteiger partial charge in [-0.1, -0.05) is 48.9 Å². The third kappa shape index (κ3) is 6.68. The van der Waals surface area contributed by atoms with Crippen molar-refractivity contribution in [2.75, 3.05) is 19.9 Å². The fourth-order valence-corrected chi connectivity index (χ4v) is 4.16. The van der Waals surface area contributed by atoms with Crippen LogP contribution in [0.4, 0.5) is 0 Å². The van der Waals surface area contributed by atoms with Gasteiger partial charge in [0.15, 0.2) is 0 Å². The van der Waals surface area contributed by atoms with Gasteiger partial charge in [0.05, 0.1) is 12.9 Å². The van der Waals surface area contributed by atoms with E-state index in [0.717, 1.165) is 16.9 Å². The van der Waals surface area contributed by atoms with Gasteiger partial charge >= 0.3 is 0 Å². The lowest BCUT2D eigenvalue weighted by Gasteiger charge is -2.30. The van der Waals surface area contributed by atoms with Crippen LogP contribution in [0.5, 0.6) is 5.75 Å². The van der Waals surface area contributed by atoms with Gasteiger partial charge in [-0.05, 0) is 35.7 Å². The molecule has 0 aliphatic heterocycles. The van der Waals surface area contributed by atoms with E-state index in [1.165, 1.54) is 11.8 Å². The Morgan fingerprint density at radius 2 is 1.86 bits per heavy atom. The fourth-order valence-electron chi connectivity index (χ4n) is 2.96. The molecule has 0 radical (unpaired) electrons. The number of hydrogen-bond acceptors (Lipinski definition) is 4. The largest absolute Gasteiger partial charge is 0.497 e. The number of nitrogens with zero attached hydrogens (tertiary/aromatic N) is 1. The highest BCUT2D eigenvalue weighted by atomic mass is 35.5. The van der Waals surface area contributed by atoms with E-state index in [1.807, 2.05) is 55.5 Å². The number of carbonyl (C=O) groups is 2. The van der Waals surface area contributed by atoms with Gasteiger partial charge in [0.25, 0.3) is 0 Å². The van der Waals surface area contributed by atoms with E-state index in [1.54, 1.807) is 19.1 Å². The van der Waals surface area contributed by atoms with Gasteiger partial charge in [-0.25, -0.2) is 0 Å². The number of rotatable bonds is 10. The summed E-state index contributed by atoms with van der Waals surface area (Å²) in [7, 11) is 3.20. The van der Waals surface area contributed by atoms with Crippen LogP contribution in [-0.4, -0.2) is 42.7 Å². The molecule has 0 aliphatic rings. The van der Waals surface area contributed by atoms with Gasteiger partial charge in [-0.15, -0.1) is 11.8 Å². The van der Waals surface area contributed by atoms with Crippen LogP contribution in [0.1, 0.15) is 24.5 Å². The molecule has 29 heavy (non-hydrogen) atoms. The summed E-state index contributed by atoms with van der Waals surface area (Å²) < 4.78 is 5.19. The van der Waals surface area contributed by atoms with Gasteiger partial charge in [-0.3, -0.25) is 9.59 Å². The van der Waals surface area contributed by atoms with Crippen LogP contribution in [0.3, 0.4) is 0 Å². The van der Waals surface area contributed by atoms with Gasteiger partial charge in [0, 0.05) is 24.4 Å². The molecule has 2 aromatic rings. The highest BCUT2D eigenvalue weighted by molar-refractivity contribution is 7.99. The van der Waals surface area contributed by atoms with E-state index >= 15 is 0 Å². The highest BCUT2D eigenvalue weighted by Gasteiger charge is 2.27. The topological polar surface area (TPSA) is 58.6 Å². The maximum Gasteiger partial charge on any atom is 0.242 e. The maximum atomic E-state index is 13.0. The molecule has 0 spiro atoms. The number of amides is 2. The molecule has 0 fully saturated rings. The van der Waals surface area contributed by atoms with Gasteiger partial charge < -0.3 is 15.0 Å². The number of likely N-dealkylation sites (N-methyl/N-ethyl adjacent to an activating group) is 1. The van der Waals surface area contributed by atoms with Crippen molar-refractivity contribution in [3.05, 3.63) is 64.7 Å². The van der Waals surface area contributed by atoms with E-state index in [4.69, 9.17) is 16.3 Å². The third-order valence-corrected chi connectivity index (χ3v) is 5.92. The summed E-state index contributed by atoms with van der Waals surface area (Å²) in [5.41, 5.74) is 1.93. The lowest BCUT2D eigenvalue weighted by atomic mass is 10.1. The van der Waals surface area contributed by atoms with E-state index in [9.17, 15) is 9.59 Å². The Kier molecular flexibility index (Phi) is 9.35. The minimum Gasteiger partial charge on any atom is -0.497 e.